The molecule has 32 heavy (non-hydrogen) atoms. The van der Waals surface area contributed by atoms with Gasteiger partial charge in [-0.2, -0.15) is 0 Å². The van der Waals surface area contributed by atoms with Crippen LogP contribution in [0, 0.1) is 6.92 Å². The fourth-order valence-electron chi connectivity index (χ4n) is 2.51. The van der Waals surface area contributed by atoms with Gasteiger partial charge in [0.25, 0.3) is 0 Å². The van der Waals surface area contributed by atoms with Gasteiger partial charge in [-0.25, -0.2) is 9.59 Å². The van der Waals surface area contributed by atoms with Crippen molar-refractivity contribution in [3.63, 3.8) is 0 Å². The summed E-state index contributed by atoms with van der Waals surface area (Å²) in [6, 6.07) is 13.6. The Hall–Kier alpha value is -3.44. The number of nitrogens with zero attached hydrogens (tertiary/aromatic N) is 2. The third-order valence-electron chi connectivity index (χ3n) is 3.96. The number of benzene rings is 2. The van der Waals surface area contributed by atoms with Crippen LogP contribution in [0.15, 0.2) is 52.9 Å². The van der Waals surface area contributed by atoms with Crippen LogP contribution >= 0.6 is 23.1 Å². The highest BCUT2D eigenvalue weighted by molar-refractivity contribution is 8.01. The molecule has 166 valence electrons. The molecule has 9 nitrogen and oxygen atoms in total. The molecule has 0 fully saturated rings. The van der Waals surface area contributed by atoms with Gasteiger partial charge in [-0.1, -0.05) is 52.9 Å². The molecule has 3 rings (SSSR count). The minimum absolute atomic E-state index is 0.0569. The molecule has 3 amide bonds. The topological polar surface area (TPSA) is 122 Å². The standard InChI is InChI=1S/C21H21N5O4S2/c1-3-30-18(28)15-6-4-5-7-16(15)23-17(27)12-31-21-26-25-20(32-21)24-19(29)22-14-10-8-13(2)9-11-14/h4-11H,3,12H2,1-2H3,(H,23,27)(H2,22,24,25,29). The second-order valence-corrected chi connectivity index (χ2v) is 8.62. The number of hydrogen-bond donors (Lipinski definition) is 3. The Bertz CT molecular complexity index is 1100. The fraction of sp³-hybridized carbons (Fsp3) is 0.190. The summed E-state index contributed by atoms with van der Waals surface area (Å²) in [5.74, 6) is -0.755. The van der Waals surface area contributed by atoms with E-state index in [4.69, 9.17) is 4.74 Å². The number of urea groups is 1. The van der Waals surface area contributed by atoms with Gasteiger partial charge in [0.2, 0.25) is 11.0 Å². The average molecular weight is 472 g/mol. The van der Waals surface area contributed by atoms with E-state index in [0.717, 1.165) is 16.9 Å². The molecule has 1 heterocycles. The molecule has 2 aromatic carbocycles. The first-order valence-corrected chi connectivity index (χ1v) is 11.4. The molecular formula is C21H21N5O4S2. The SMILES string of the molecule is CCOC(=O)c1ccccc1NC(=O)CSc1nnc(NC(=O)Nc2ccc(C)cc2)s1. The molecule has 0 aliphatic carbocycles. The number of esters is 1. The number of nitrogens with one attached hydrogen (secondary N) is 3. The number of carbonyl (C=O) groups excluding carboxylic acids is 3. The Labute approximate surface area is 193 Å². The van der Waals surface area contributed by atoms with Crippen molar-refractivity contribution in [2.45, 2.75) is 18.2 Å². The van der Waals surface area contributed by atoms with Gasteiger partial charge in [-0.05, 0) is 38.1 Å². The van der Waals surface area contributed by atoms with Crippen LogP contribution in [0.3, 0.4) is 0 Å². The van der Waals surface area contributed by atoms with Gasteiger partial charge in [0.1, 0.15) is 0 Å². The number of aromatic nitrogens is 2. The third kappa shape index (κ3) is 6.79. The lowest BCUT2D eigenvalue weighted by molar-refractivity contribution is -0.113. The number of thioether (sulfide) groups is 1. The predicted molar refractivity (Wildman–Crippen MR) is 125 cm³/mol. The van der Waals surface area contributed by atoms with Crippen LogP contribution in [-0.4, -0.2) is 40.5 Å². The lowest BCUT2D eigenvalue weighted by Crippen LogP contribution is -2.19. The smallest absolute Gasteiger partial charge is 0.340 e. The second kappa shape index (κ2) is 11.3. The van der Waals surface area contributed by atoms with E-state index in [1.807, 2.05) is 19.1 Å². The molecule has 0 saturated carbocycles. The van der Waals surface area contributed by atoms with Gasteiger partial charge >= 0.3 is 12.0 Å². The molecule has 0 aliphatic rings. The van der Waals surface area contributed by atoms with E-state index in [1.54, 1.807) is 43.3 Å². The van der Waals surface area contributed by atoms with E-state index >= 15 is 0 Å². The van der Waals surface area contributed by atoms with E-state index in [2.05, 4.69) is 26.1 Å². The first kappa shape index (κ1) is 23.2. The quantitative estimate of drug-likeness (QED) is 0.253. The van der Waals surface area contributed by atoms with Gasteiger partial charge in [0.05, 0.1) is 23.6 Å². The summed E-state index contributed by atoms with van der Waals surface area (Å²) in [6.07, 6.45) is 0. The van der Waals surface area contributed by atoms with E-state index in [0.29, 0.717) is 20.8 Å². The van der Waals surface area contributed by atoms with Gasteiger partial charge in [0.15, 0.2) is 4.34 Å². The largest absolute Gasteiger partial charge is 0.462 e. The zero-order valence-corrected chi connectivity index (χ0v) is 19.0. The van der Waals surface area contributed by atoms with Crippen LogP contribution < -0.4 is 16.0 Å². The first-order chi connectivity index (χ1) is 15.4. The molecule has 0 saturated heterocycles. The van der Waals surface area contributed by atoms with Crippen molar-refractivity contribution in [1.82, 2.24) is 10.2 Å². The van der Waals surface area contributed by atoms with Crippen molar-refractivity contribution in [2.24, 2.45) is 0 Å². The summed E-state index contributed by atoms with van der Waals surface area (Å²) in [6.45, 7) is 3.92. The summed E-state index contributed by atoms with van der Waals surface area (Å²) in [5, 5.41) is 16.2. The van der Waals surface area contributed by atoms with Crippen LogP contribution in [0.4, 0.5) is 21.3 Å². The highest BCUT2D eigenvalue weighted by Crippen LogP contribution is 2.26. The molecule has 1 aromatic heterocycles. The van der Waals surface area contributed by atoms with Crippen molar-refractivity contribution in [1.29, 1.82) is 0 Å². The lowest BCUT2D eigenvalue weighted by Gasteiger charge is -2.09. The Balaban J connectivity index is 1.50. The number of anilines is 3. The zero-order chi connectivity index (χ0) is 22.9. The molecule has 0 atom stereocenters. The number of amides is 3. The van der Waals surface area contributed by atoms with Gasteiger partial charge < -0.3 is 15.4 Å². The molecule has 0 bridgehead atoms. The van der Waals surface area contributed by atoms with Crippen LogP contribution in [0.25, 0.3) is 0 Å². The van der Waals surface area contributed by atoms with E-state index in [-0.39, 0.29) is 23.8 Å². The van der Waals surface area contributed by atoms with Crippen molar-refractivity contribution in [2.75, 3.05) is 28.3 Å². The summed E-state index contributed by atoms with van der Waals surface area (Å²) < 4.78 is 5.52. The van der Waals surface area contributed by atoms with Crippen LogP contribution in [0.1, 0.15) is 22.8 Å². The van der Waals surface area contributed by atoms with Gasteiger partial charge in [0, 0.05) is 5.69 Å². The minimum atomic E-state index is -0.500. The van der Waals surface area contributed by atoms with Crippen LogP contribution in [0.5, 0.6) is 0 Å². The predicted octanol–water partition coefficient (Wildman–Crippen LogP) is 4.40. The van der Waals surface area contributed by atoms with Gasteiger partial charge in [-0.3, -0.25) is 10.1 Å². The van der Waals surface area contributed by atoms with E-state index < -0.39 is 12.0 Å². The molecule has 3 aromatic rings. The van der Waals surface area contributed by atoms with Crippen LogP contribution in [-0.2, 0) is 9.53 Å². The van der Waals surface area contributed by atoms with Crippen LogP contribution in [0.2, 0.25) is 0 Å². The number of hydrogen-bond acceptors (Lipinski definition) is 8. The Morgan fingerprint density at radius 1 is 1.00 bits per heavy atom. The highest BCUT2D eigenvalue weighted by Gasteiger charge is 2.15. The molecule has 3 N–H and O–H groups in total. The summed E-state index contributed by atoms with van der Waals surface area (Å²) in [4.78, 5) is 36.4. The number of aryl methyl sites for hydroxylation is 1. The second-order valence-electron chi connectivity index (χ2n) is 6.42. The molecular weight excluding hydrogens is 450 g/mol. The molecule has 0 unspecified atom stereocenters. The van der Waals surface area contributed by atoms with Gasteiger partial charge in [-0.15, -0.1) is 10.2 Å². The summed E-state index contributed by atoms with van der Waals surface area (Å²) >= 11 is 2.32. The normalized spacial score (nSPS) is 10.3. The Kier molecular flexibility index (Phi) is 8.17. The maximum atomic E-state index is 12.3. The maximum absolute atomic E-state index is 12.3. The number of para-hydroxylation sites is 1. The Morgan fingerprint density at radius 2 is 1.75 bits per heavy atom. The Morgan fingerprint density at radius 3 is 2.50 bits per heavy atom. The lowest BCUT2D eigenvalue weighted by atomic mass is 10.2. The maximum Gasteiger partial charge on any atom is 0.340 e. The molecule has 11 heteroatoms. The van der Waals surface area contributed by atoms with Crippen molar-refractivity contribution >= 4 is 57.5 Å². The van der Waals surface area contributed by atoms with Crippen molar-refractivity contribution < 1.29 is 19.1 Å². The van der Waals surface area contributed by atoms with Crippen molar-refractivity contribution in [3.8, 4) is 0 Å². The molecule has 0 radical (unpaired) electrons. The summed E-state index contributed by atoms with van der Waals surface area (Å²) in [5.41, 5.74) is 2.42. The fourth-order valence-corrected chi connectivity index (χ4v) is 4.05. The minimum Gasteiger partial charge on any atom is -0.462 e. The zero-order valence-electron chi connectivity index (χ0n) is 17.4. The first-order valence-electron chi connectivity index (χ1n) is 9.61. The molecule has 0 aliphatic heterocycles. The number of ether oxygens (including phenoxy) is 1. The van der Waals surface area contributed by atoms with Crippen molar-refractivity contribution in [3.05, 3.63) is 59.7 Å². The average Bonchev–Trinajstić information content (AvgIpc) is 3.21. The third-order valence-corrected chi connectivity index (χ3v) is 5.93. The number of carbonyl (C=O) groups is 3. The highest BCUT2D eigenvalue weighted by atomic mass is 32.2. The van der Waals surface area contributed by atoms with E-state index in [1.165, 1.54) is 11.8 Å². The monoisotopic (exact) mass is 471 g/mol. The van der Waals surface area contributed by atoms with E-state index in [9.17, 15) is 14.4 Å². The molecule has 0 spiro atoms. The summed E-state index contributed by atoms with van der Waals surface area (Å²) in [7, 11) is 0. The number of rotatable bonds is 8.